The first-order chi connectivity index (χ1) is 9.39. The highest BCUT2D eigenvalue weighted by Crippen LogP contribution is 2.12. The van der Waals surface area contributed by atoms with Crippen molar-refractivity contribution in [2.75, 3.05) is 52.8 Å². The molecular formula is C13H27NO6. The Morgan fingerprint density at radius 2 is 1.40 bits per heavy atom. The molecule has 0 spiro atoms. The number of hydrogen-bond acceptors (Lipinski definition) is 5. The van der Waals surface area contributed by atoms with Gasteiger partial charge in [-0.1, -0.05) is 0 Å². The third kappa shape index (κ3) is 9.96. The third-order valence-electron chi connectivity index (χ3n) is 2.48. The van der Waals surface area contributed by atoms with E-state index in [1.165, 1.54) is 4.90 Å². The molecular weight excluding hydrogens is 266 g/mol. The largest absolute Gasteiger partial charge is 0.465 e. The maximum absolute atomic E-state index is 11.1. The van der Waals surface area contributed by atoms with Crippen LogP contribution >= 0.6 is 0 Å². The van der Waals surface area contributed by atoms with E-state index in [0.717, 1.165) is 0 Å². The molecule has 7 heteroatoms. The van der Waals surface area contributed by atoms with E-state index in [-0.39, 0.29) is 6.61 Å². The van der Waals surface area contributed by atoms with Crippen LogP contribution in [0.4, 0.5) is 4.79 Å². The lowest BCUT2D eigenvalue weighted by Gasteiger charge is -2.32. The third-order valence-corrected chi connectivity index (χ3v) is 2.48. The minimum atomic E-state index is -0.946. The number of hydrogen-bond donors (Lipinski definition) is 2. The van der Waals surface area contributed by atoms with Crippen molar-refractivity contribution in [1.82, 2.24) is 4.90 Å². The molecule has 0 saturated heterocycles. The van der Waals surface area contributed by atoms with Crippen LogP contribution in [0.2, 0.25) is 0 Å². The summed E-state index contributed by atoms with van der Waals surface area (Å²) in [4.78, 5) is 12.4. The summed E-state index contributed by atoms with van der Waals surface area (Å²) in [5, 5.41) is 17.5. The van der Waals surface area contributed by atoms with Gasteiger partial charge in [0.25, 0.3) is 0 Å². The van der Waals surface area contributed by atoms with Crippen LogP contribution in [-0.4, -0.2) is 79.5 Å². The lowest BCUT2D eigenvalue weighted by atomic mass is 10.1. The van der Waals surface area contributed by atoms with Crippen molar-refractivity contribution in [2.45, 2.75) is 26.3 Å². The Labute approximate surface area is 120 Å². The number of nitrogens with zero attached hydrogens (tertiary/aromatic N) is 1. The van der Waals surface area contributed by atoms with Gasteiger partial charge in [-0.25, -0.2) is 4.79 Å². The maximum atomic E-state index is 11.1. The Morgan fingerprint density at radius 3 is 1.80 bits per heavy atom. The van der Waals surface area contributed by atoms with Gasteiger partial charge in [-0.05, 0) is 20.8 Å². The lowest BCUT2D eigenvalue weighted by Crippen LogP contribution is -2.46. The molecule has 120 valence electrons. The fourth-order valence-corrected chi connectivity index (χ4v) is 1.48. The van der Waals surface area contributed by atoms with Crippen LogP contribution in [0.5, 0.6) is 0 Å². The summed E-state index contributed by atoms with van der Waals surface area (Å²) in [6, 6.07) is 0. The van der Waals surface area contributed by atoms with Crippen molar-refractivity contribution in [3.63, 3.8) is 0 Å². The van der Waals surface area contributed by atoms with Gasteiger partial charge in [0.15, 0.2) is 0 Å². The summed E-state index contributed by atoms with van der Waals surface area (Å²) in [6.45, 7) is 8.28. The van der Waals surface area contributed by atoms with Crippen molar-refractivity contribution >= 4 is 6.09 Å². The van der Waals surface area contributed by atoms with Crippen LogP contribution in [-0.2, 0) is 14.2 Å². The molecule has 1 amide bonds. The van der Waals surface area contributed by atoms with E-state index >= 15 is 0 Å². The molecule has 0 aromatic carbocycles. The molecule has 0 aromatic heterocycles. The first kappa shape index (κ1) is 19.1. The topological polar surface area (TPSA) is 88.5 Å². The highest BCUT2D eigenvalue weighted by molar-refractivity contribution is 5.65. The molecule has 0 unspecified atom stereocenters. The van der Waals surface area contributed by atoms with E-state index in [9.17, 15) is 4.79 Å². The standard InChI is InChI=1S/C13H27NO6/c1-13(2,3)14(12(16)17)4-6-18-8-10-20-11-9-19-7-5-15/h15H,4-11H2,1-3H3,(H,16,17). The number of ether oxygens (including phenoxy) is 3. The first-order valence-corrected chi connectivity index (χ1v) is 6.74. The second-order valence-corrected chi connectivity index (χ2v) is 5.17. The van der Waals surface area contributed by atoms with Gasteiger partial charge in [0.05, 0.1) is 46.2 Å². The summed E-state index contributed by atoms with van der Waals surface area (Å²) < 4.78 is 15.6. The van der Waals surface area contributed by atoms with Crippen LogP contribution in [0.25, 0.3) is 0 Å². The molecule has 0 atom stereocenters. The molecule has 0 rings (SSSR count). The number of aliphatic hydroxyl groups is 1. The van der Waals surface area contributed by atoms with E-state index in [1.807, 2.05) is 20.8 Å². The molecule has 7 nitrogen and oxygen atoms in total. The van der Waals surface area contributed by atoms with Gasteiger partial charge in [-0.2, -0.15) is 0 Å². The number of aliphatic hydroxyl groups excluding tert-OH is 1. The second kappa shape index (κ2) is 10.8. The molecule has 0 aromatic rings. The number of carboxylic acid groups (broad SMARTS) is 1. The van der Waals surface area contributed by atoms with Gasteiger partial charge >= 0.3 is 6.09 Å². The number of carbonyl (C=O) groups is 1. The zero-order valence-electron chi connectivity index (χ0n) is 12.6. The molecule has 0 radical (unpaired) electrons. The number of amides is 1. The van der Waals surface area contributed by atoms with Gasteiger partial charge in [0.1, 0.15) is 0 Å². The van der Waals surface area contributed by atoms with Crippen molar-refractivity contribution in [2.24, 2.45) is 0 Å². The van der Waals surface area contributed by atoms with E-state index in [4.69, 9.17) is 24.4 Å². The van der Waals surface area contributed by atoms with Crippen molar-refractivity contribution in [1.29, 1.82) is 0 Å². The highest BCUT2D eigenvalue weighted by Gasteiger charge is 2.25. The van der Waals surface area contributed by atoms with E-state index < -0.39 is 11.6 Å². The lowest BCUT2D eigenvalue weighted by molar-refractivity contribution is 0.00143. The monoisotopic (exact) mass is 293 g/mol. The van der Waals surface area contributed by atoms with Crippen LogP contribution in [0.3, 0.4) is 0 Å². The molecule has 0 heterocycles. The minimum absolute atomic E-state index is 0.0109. The summed E-state index contributed by atoms with van der Waals surface area (Å²) in [7, 11) is 0. The molecule has 0 aliphatic carbocycles. The molecule has 0 saturated carbocycles. The summed E-state index contributed by atoms with van der Waals surface area (Å²) in [5.41, 5.74) is -0.435. The Morgan fingerprint density at radius 1 is 0.950 bits per heavy atom. The smallest absolute Gasteiger partial charge is 0.407 e. The van der Waals surface area contributed by atoms with Gasteiger partial charge in [-0.3, -0.25) is 0 Å². The van der Waals surface area contributed by atoms with E-state index in [2.05, 4.69) is 0 Å². The normalized spacial score (nSPS) is 11.6. The predicted octanol–water partition coefficient (Wildman–Crippen LogP) is 0.807. The average Bonchev–Trinajstić information content (AvgIpc) is 2.34. The quantitative estimate of drug-likeness (QED) is 0.548. The average molecular weight is 293 g/mol. The van der Waals surface area contributed by atoms with Crippen molar-refractivity contribution in [3.05, 3.63) is 0 Å². The number of rotatable bonds is 11. The Balaban J connectivity index is 3.49. The van der Waals surface area contributed by atoms with Gasteiger partial charge in [0.2, 0.25) is 0 Å². The Bertz CT molecular complexity index is 254. The minimum Gasteiger partial charge on any atom is -0.465 e. The van der Waals surface area contributed by atoms with Crippen LogP contribution < -0.4 is 0 Å². The van der Waals surface area contributed by atoms with Crippen molar-refractivity contribution < 1.29 is 29.2 Å². The van der Waals surface area contributed by atoms with Gasteiger partial charge in [-0.15, -0.1) is 0 Å². The SMILES string of the molecule is CC(C)(C)N(CCOCCOCCOCCO)C(=O)O. The van der Waals surface area contributed by atoms with Gasteiger partial charge in [0, 0.05) is 12.1 Å². The van der Waals surface area contributed by atoms with Crippen LogP contribution in [0, 0.1) is 0 Å². The van der Waals surface area contributed by atoms with Crippen molar-refractivity contribution in [3.8, 4) is 0 Å². The van der Waals surface area contributed by atoms with Gasteiger partial charge < -0.3 is 29.3 Å². The first-order valence-electron chi connectivity index (χ1n) is 6.74. The van der Waals surface area contributed by atoms with Crippen LogP contribution in [0.15, 0.2) is 0 Å². The summed E-state index contributed by atoms with van der Waals surface area (Å²) in [5.74, 6) is 0. The molecule has 0 bridgehead atoms. The fraction of sp³-hybridized carbons (Fsp3) is 0.923. The fourth-order valence-electron chi connectivity index (χ4n) is 1.48. The molecule has 0 aliphatic heterocycles. The predicted molar refractivity (Wildman–Crippen MR) is 74.0 cm³/mol. The molecule has 0 aliphatic rings. The Kier molecular flexibility index (Phi) is 10.4. The molecule has 2 N–H and O–H groups in total. The maximum Gasteiger partial charge on any atom is 0.407 e. The van der Waals surface area contributed by atoms with E-state index in [0.29, 0.717) is 46.2 Å². The molecule has 20 heavy (non-hydrogen) atoms. The summed E-state index contributed by atoms with van der Waals surface area (Å²) >= 11 is 0. The summed E-state index contributed by atoms with van der Waals surface area (Å²) in [6.07, 6.45) is -0.946. The zero-order chi connectivity index (χ0) is 15.4. The highest BCUT2D eigenvalue weighted by atomic mass is 16.5. The van der Waals surface area contributed by atoms with E-state index in [1.54, 1.807) is 0 Å². The zero-order valence-corrected chi connectivity index (χ0v) is 12.6. The second-order valence-electron chi connectivity index (χ2n) is 5.17. The molecule has 0 fully saturated rings. The van der Waals surface area contributed by atoms with Crippen LogP contribution in [0.1, 0.15) is 20.8 Å². The Hall–Kier alpha value is -0.890.